The summed E-state index contributed by atoms with van der Waals surface area (Å²) in [4.78, 5) is 0.121. The number of hydrogen-bond donors (Lipinski definition) is 2. The fourth-order valence-corrected chi connectivity index (χ4v) is 3.62. The third-order valence-electron chi connectivity index (χ3n) is 3.16. The van der Waals surface area contributed by atoms with Gasteiger partial charge in [0.2, 0.25) is 0 Å². The molecule has 2 rings (SSSR count). The first kappa shape index (κ1) is 15.8. The van der Waals surface area contributed by atoms with Gasteiger partial charge in [0.1, 0.15) is 0 Å². The highest BCUT2D eigenvalue weighted by atomic mass is 35.5. The fourth-order valence-electron chi connectivity index (χ4n) is 2.03. The number of benzene rings is 2. The summed E-state index contributed by atoms with van der Waals surface area (Å²) in [6.07, 6.45) is -0.774. The molecule has 0 aromatic heterocycles. The molecule has 6 heteroatoms. The largest absolute Gasteiger partial charge is 0.389 e. The summed E-state index contributed by atoms with van der Waals surface area (Å²) in [5.41, 5.74) is 1.36. The zero-order chi connectivity index (χ0) is 15.6. The van der Waals surface area contributed by atoms with Crippen molar-refractivity contribution in [2.45, 2.75) is 24.8 Å². The highest BCUT2D eigenvalue weighted by Crippen LogP contribution is 2.28. The zero-order valence-electron chi connectivity index (χ0n) is 11.7. The number of anilines is 1. The predicted molar refractivity (Wildman–Crippen MR) is 84.1 cm³/mol. The molecule has 21 heavy (non-hydrogen) atoms. The highest BCUT2D eigenvalue weighted by Gasteiger charge is 2.20. The first-order chi connectivity index (χ1) is 9.83. The van der Waals surface area contributed by atoms with Gasteiger partial charge >= 0.3 is 0 Å². The summed E-state index contributed by atoms with van der Waals surface area (Å²) < 4.78 is 27.5. The molecular weight excluding hydrogens is 310 g/mol. The molecule has 0 bridgehead atoms. The van der Waals surface area contributed by atoms with Crippen molar-refractivity contribution in [3.63, 3.8) is 0 Å². The van der Waals surface area contributed by atoms with Gasteiger partial charge in [0, 0.05) is 10.6 Å². The van der Waals surface area contributed by atoms with Crippen molar-refractivity contribution >= 4 is 27.3 Å². The van der Waals surface area contributed by atoms with Gasteiger partial charge in [-0.25, -0.2) is 8.42 Å². The van der Waals surface area contributed by atoms with Crippen molar-refractivity contribution in [1.82, 2.24) is 0 Å². The number of sulfonamides is 1. The van der Waals surface area contributed by atoms with Gasteiger partial charge < -0.3 is 5.11 Å². The van der Waals surface area contributed by atoms with E-state index in [2.05, 4.69) is 4.72 Å². The number of halogens is 1. The van der Waals surface area contributed by atoms with E-state index in [0.29, 0.717) is 21.8 Å². The van der Waals surface area contributed by atoms with Crippen LogP contribution in [0.4, 0.5) is 5.69 Å². The Morgan fingerprint density at radius 1 is 1.14 bits per heavy atom. The Bertz CT molecular complexity index is 757. The summed E-state index contributed by atoms with van der Waals surface area (Å²) in [6, 6.07) is 11.4. The Labute approximate surface area is 129 Å². The maximum absolute atomic E-state index is 12.5. The average molecular weight is 326 g/mol. The van der Waals surface area contributed by atoms with E-state index in [1.54, 1.807) is 50.2 Å². The minimum atomic E-state index is -3.77. The monoisotopic (exact) mass is 325 g/mol. The quantitative estimate of drug-likeness (QED) is 0.904. The number of nitrogens with one attached hydrogen (secondary N) is 1. The van der Waals surface area contributed by atoms with E-state index in [0.717, 1.165) is 0 Å². The van der Waals surface area contributed by atoms with Crippen molar-refractivity contribution in [2.75, 3.05) is 4.72 Å². The van der Waals surface area contributed by atoms with Crippen molar-refractivity contribution in [2.24, 2.45) is 0 Å². The molecule has 0 amide bonds. The summed E-state index contributed by atoms with van der Waals surface area (Å²) >= 11 is 5.97. The molecule has 0 aliphatic heterocycles. The van der Waals surface area contributed by atoms with Crippen molar-refractivity contribution in [3.05, 3.63) is 58.6 Å². The standard InChI is InChI=1S/C15H16ClNO3S/c1-10-13(16)7-5-9-15(10)21(19,20)17-14-8-4-3-6-12(14)11(2)18/h3-9,11,17-18H,1-2H3. The van der Waals surface area contributed by atoms with Crippen LogP contribution in [0.15, 0.2) is 47.4 Å². The van der Waals surface area contributed by atoms with Crippen molar-refractivity contribution in [1.29, 1.82) is 0 Å². The van der Waals surface area contributed by atoms with E-state index in [1.807, 2.05) is 0 Å². The van der Waals surface area contributed by atoms with Crippen LogP contribution in [-0.2, 0) is 10.0 Å². The number of hydrogen-bond acceptors (Lipinski definition) is 3. The Morgan fingerprint density at radius 3 is 2.48 bits per heavy atom. The van der Waals surface area contributed by atoms with Gasteiger partial charge in [-0.3, -0.25) is 4.72 Å². The second-order valence-corrected chi connectivity index (χ2v) is 6.79. The number of aliphatic hydroxyl groups is 1. The predicted octanol–water partition coefficient (Wildman–Crippen LogP) is 3.50. The van der Waals surface area contributed by atoms with Gasteiger partial charge in [0.15, 0.2) is 0 Å². The van der Waals surface area contributed by atoms with Crippen molar-refractivity contribution < 1.29 is 13.5 Å². The van der Waals surface area contributed by atoms with E-state index >= 15 is 0 Å². The molecule has 2 aromatic carbocycles. The maximum Gasteiger partial charge on any atom is 0.262 e. The second-order valence-electron chi connectivity index (χ2n) is 4.73. The van der Waals surface area contributed by atoms with E-state index < -0.39 is 16.1 Å². The van der Waals surface area contributed by atoms with E-state index in [9.17, 15) is 13.5 Å². The van der Waals surface area contributed by atoms with Gasteiger partial charge in [-0.05, 0) is 37.6 Å². The summed E-state index contributed by atoms with van der Waals surface area (Å²) in [5, 5.41) is 10.1. The molecule has 0 spiro atoms. The highest BCUT2D eigenvalue weighted by molar-refractivity contribution is 7.92. The first-order valence-corrected chi connectivity index (χ1v) is 8.24. The minimum absolute atomic E-state index is 0.121. The zero-order valence-corrected chi connectivity index (χ0v) is 13.2. The van der Waals surface area contributed by atoms with Gasteiger partial charge in [0.05, 0.1) is 16.7 Å². The summed E-state index contributed by atoms with van der Waals surface area (Å²) in [7, 11) is -3.77. The molecule has 4 nitrogen and oxygen atoms in total. The van der Waals surface area contributed by atoms with Crippen LogP contribution in [0, 0.1) is 6.92 Å². The lowest BCUT2D eigenvalue weighted by Crippen LogP contribution is -2.16. The molecule has 112 valence electrons. The fraction of sp³-hybridized carbons (Fsp3) is 0.200. The van der Waals surface area contributed by atoms with Gasteiger partial charge in [-0.2, -0.15) is 0 Å². The maximum atomic E-state index is 12.5. The molecule has 0 radical (unpaired) electrons. The topological polar surface area (TPSA) is 66.4 Å². The Hall–Kier alpha value is -1.56. The normalized spacial score (nSPS) is 13.0. The Kier molecular flexibility index (Phi) is 4.56. The number of rotatable bonds is 4. The smallest absolute Gasteiger partial charge is 0.262 e. The number of aliphatic hydroxyl groups excluding tert-OH is 1. The molecule has 2 aromatic rings. The first-order valence-electron chi connectivity index (χ1n) is 6.38. The Morgan fingerprint density at radius 2 is 1.81 bits per heavy atom. The lowest BCUT2D eigenvalue weighted by Gasteiger charge is -2.15. The van der Waals surface area contributed by atoms with Crippen LogP contribution in [0.25, 0.3) is 0 Å². The third kappa shape index (κ3) is 3.37. The minimum Gasteiger partial charge on any atom is -0.389 e. The van der Waals surface area contributed by atoms with E-state index in [-0.39, 0.29) is 4.90 Å². The summed E-state index contributed by atoms with van der Waals surface area (Å²) in [6.45, 7) is 3.23. The van der Waals surface area contributed by atoms with Crippen LogP contribution in [-0.4, -0.2) is 13.5 Å². The molecule has 1 unspecified atom stereocenters. The van der Waals surface area contributed by atoms with Crippen LogP contribution in [0.2, 0.25) is 5.02 Å². The van der Waals surface area contributed by atoms with Gasteiger partial charge in [-0.1, -0.05) is 35.9 Å². The molecule has 0 fully saturated rings. The second kappa shape index (κ2) is 6.05. The van der Waals surface area contributed by atoms with Gasteiger partial charge in [-0.15, -0.1) is 0 Å². The Balaban J connectivity index is 2.46. The number of para-hydroxylation sites is 1. The van der Waals surface area contributed by atoms with E-state index in [4.69, 9.17) is 11.6 Å². The lowest BCUT2D eigenvalue weighted by atomic mass is 10.1. The molecule has 0 aliphatic carbocycles. The lowest BCUT2D eigenvalue weighted by molar-refractivity contribution is 0.200. The molecule has 0 aliphatic rings. The third-order valence-corrected chi connectivity index (χ3v) is 5.08. The van der Waals surface area contributed by atoms with Gasteiger partial charge in [0.25, 0.3) is 10.0 Å². The van der Waals surface area contributed by atoms with Crippen LogP contribution in [0.5, 0.6) is 0 Å². The average Bonchev–Trinajstić information content (AvgIpc) is 2.41. The molecule has 0 heterocycles. The molecule has 0 saturated heterocycles. The van der Waals surface area contributed by atoms with Crippen molar-refractivity contribution in [3.8, 4) is 0 Å². The van der Waals surface area contributed by atoms with Crippen LogP contribution < -0.4 is 4.72 Å². The van der Waals surface area contributed by atoms with Crippen LogP contribution >= 0.6 is 11.6 Å². The van der Waals surface area contributed by atoms with Crippen LogP contribution in [0.1, 0.15) is 24.2 Å². The SMILES string of the molecule is Cc1c(Cl)cccc1S(=O)(=O)Nc1ccccc1C(C)O. The summed E-state index contributed by atoms with van der Waals surface area (Å²) in [5.74, 6) is 0. The molecule has 2 N–H and O–H groups in total. The molecule has 1 atom stereocenters. The molecule has 0 saturated carbocycles. The van der Waals surface area contributed by atoms with Crippen LogP contribution in [0.3, 0.4) is 0 Å². The van der Waals surface area contributed by atoms with E-state index in [1.165, 1.54) is 6.07 Å². The molecular formula is C15H16ClNO3S.